The van der Waals surface area contributed by atoms with Gasteiger partial charge in [0.25, 0.3) is 5.56 Å². The molecule has 0 bridgehead atoms. The highest BCUT2D eigenvalue weighted by Crippen LogP contribution is 2.47. The molecular weight excluding hydrogens is 724 g/mol. The van der Waals surface area contributed by atoms with Crippen molar-refractivity contribution in [3.8, 4) is 5.75 Å². The molecule has 290 valence electrons. The molecule has 14 heteroatoms. The zero-order valence-electron chi connectivity index (χ0n) is 30.4. The van der Waals surface area contributed by atoms with E-state index in [1.807, 2.05) is 4.98 Å². The number of ketones is 1. The molecule has 0 saturated carbocycles. The van der Waals surface area contributed by atoms with Gasteiger partial charge in [0.1, 0.15) is 23.7 Å². The van der Waals surface area contributed by atoms with Gasteiger partial charge in [0.15, 0.2) is 11.9 Å². The van der Waals surface area contributed by atoms with Crippen LogP contribution < -0.4 is 20.9 Å². The second-order valence-corrected chi connectivity index (χ2v) is 14.8. The summed E-state index contributed by atoms with van der Waals surface area (Å²) in [5, 5.41) is 13.9. The monoisotopic (exact) mass is 775 g/mol. The maximum absolute atomic E-state index is 15.6. The average Bonchev–Trinajstić information content (AvgIpc) is 3.35. The summed E-state index contributed by atoms with van der Waals surface area (Å²) in [5.41, 5.74) is -4.08. The number of aliphatic hydroxyl groups is 1. The van der Waals surface area contributed by atoms with Crippen LogP contribution in [-0.2, 0) is 18.6 Å². The van der Waals surface area contributed by atoms with Gasteiger partial charge in [-0.3, -0.25) is 23.7 Å². The molecule has 1 saturated heterocycles. The predicted octanol–water partition coefficient (Wildman–Crippen LogP) is 8.24. The van der Waals surface area contributed by atoms with Gasteiger partial charge in [-0.15, -0.1) is 0 Å². The number of nitrogens with zero attached hydrogens (tertiary/aromatic N) is 1. The Morgan fingerprint density at radius 3 is 2.17 bits per heavy atom. The lowest BCUT2D eigenvalue weighted by Gasteiger charge is -2.24. The number of aliphatic hydroxyl groups excluding tert-OH is 1. The zero-order valence-corrected chi connectivity index (χ0v) is 32.1. The van der Waals surface area contributed by atoms with Gasteiger partial charge in [0, 0.05) is 36.7 Å². The fraction of sp³-hybridized carbons (Fsp3) is 0.462. The molecule has 5 atom stereocenters. The Balaban J connectivity index is 1.40. The first-order chi connectivity index (χ1) is 25.4. The number of Topliss-reactive ketones (excluding diaryl/α,β-unsaturated/α-hetero) is 1. The summed E-state index contributed by atoms with van der Waals surface area (Å²) in [6, 6.07) is 7.05. The molecule has 0 spiro atoms. The predicted molar refractivity (Wildman–Crippen MR) is 207 cm³/mol. The molecule has 0 radical (unpaired) electrons. The number of hydrogen-bond acceptors (Lipinski definition) is 8. The topological polar surface area (TPSA) is 149 Å². The third-order valence-corrected chi connectivity index (χ3v) is 9.99. The number of rotatable bonds is 24. The van der Waals surface area contributed by atoms with E-state index < -0.39 is 49.7 Å². The highest BCUT2D eigenvalue weighted by atomic mass is 35.5. The first-order valence-electron chi connectivity index (χ1n) is 18.0. The van der Waals surface area contributed by atoms with Gasteiger partial charge in [0.2, 0.25) is 0 Å². The van der Waals surface area contributed by atoms with Crippen molar-refractivity contribution in [3.05, 3.63) is 123 Å². The van der Waals surface area contributed by atoms with Crippen molar-refractivity contribution in [2.75, 3.05) is 13.2 Å². The fourth-order valence-electron chi connectivity index (χ4n) is 5.28. The number of carbonyl (C=O) groups excluding carboxylic acids is 1. The van der Waals surface area contributed by atoms with Gasteiger partial charge in [0.05, 0.1) is 6.61 Å². The van der Waals surface area contributed by atoms with E-state index in [2.05, 4.69) is 72.8 Å². The molecule has 1 aromatic carbocycles. The van der Waals surface area contributed by atoms with E-state index in [1.165, 1.54) is 24.3 Å². The molecule has 1 aliphatic rings. The highest BCUT2D eigenvalue weighted by Gasteiger charge is 2.55. The number of aromatic nitrogens is 2. The maximum Gasteiger partial charge on any atom is 0.458 e. The second kappa shape index (κ2) is 23.2. The van der Waals surface area contributed by atoms with Crippen LogP contribution in [0.5, 0.6) is 5.75 Å². The van der Waals surface area contributed by atoms with Crippen molar-refractivity contribution in [2.24, 2.45) is 0 Å². The number of ether oxygens (including phenoxy) is 1. The van der Waals surface area contributed by atoms with E-state index in [4.69, 9.17) is 25.4 Å². The van der Waals surface area contributed by atoms with Crippen LogP contribution in [-0.4, -0.2) is 51.5 Å². The van der Waals surface area contributed by atoms with E-state index in [-0.39, 0.29) is 24.5 Å². The van der Waals surface area contributed by atoms with Gasteiger partial charge in [-0.2, -0.15) is 0 Å². The van der Waals surface area contributed by atoms with Crippen molar-refractivity contribution in [2.45, 2.75) is 102 Å². The van der Waals surface area contributed by atoms with Crippen LogP contribution in [0.15, 0.2) is 107 Å². The van der Waals surface area contributed by atoms with Crippen molar-refractivity contribution in [3.63, 3.8) is 0 Å². The van der Waals surface area contributed by atoms with Crippen LogP contribution >= 0.6 is 19.3 Å². The molecule has 53 heavy (non-hydrogen) atoms. The molecule has 1 unspecified atom stereocenters. The van der Waals surface area contributed by atoms with Crippen LogP contribution in [0.2, 0.25) is 5.02 Å². The maximum atomic E-state index is 15.6. The average molecular weight is 776 g/mol. The number of hydrogen-bond donors (Lipinski definition) is 3. The minimum Gasteiger partial charge on any atom is -0.413 e. The summed E-state index contributed by atoms with van der Waals surface area (Å²) in [5.74, 6) is 0.235. The SMILES string of the molecule is CC/C=C\C/C=C\C/C=C\C/C=C\C/C=C\CCCC(=O)CCCNP(=O)(OC[C@H]1O[C@@H](n2ccc(=O)[nH]c2=O)[C@](C)(F)[C@@H]1O)Oc1ccc(Cl)cc1. The largest absolute Gasteiger partial charge is 0.458 e. The number of nitrogens with one attached hydrogen (secondary N) is 2. The molecule has 11 nitrogen and oxygen atoms in total. The molecular formula is C39H52ClFN3O8P. The van der Waals surface area contributed by atoms with Gasteiger partial charge in [-0.1, -0.05) is 79.3 Å². The van der Waals surface area contributed by atoms with Crippen LogP contribution in [0, 0.1) is 0 Å². The second-order valence-electron chi connectivity index (χ2n) is 12.6. The van der Waals surface area contributed by atoms with Crippen LogP contribution in [0.3, 0.4) is 0 Å². The summed E-state index contributed by atoms with van der Waals surface area (Å²) in [6.07, 6.45) is 25.0. The Bertz CT molecular complexity index is 1730. The third kappa shape index (κ3) is 15.7. The van der Waals surface area contributed by atoms with E-state index in [1.54, 1.807) is 0 Å². The van der Waals surface area contributed by atoms with Crippen molar-refractivity contribution < 1.29 is 32.6 Å². The molecule has 1 aromatic heterocycles. The first-order valence-corrected chi connectivity index (χ1v) is 19.9. The number of benzene rings is 1. The summed E-state index contributed by atoms with van der Waals surface area (Å²) in [6.45, 7) is 2.68. The lowest BCUT2D eigenvalue weighted by molar-refractivity contribution is -0.119. The van der Waals surface area contributed by atoms with Crippen LogP contribution in [0.4, 0.5) is 4.39 Å². The van der Waals surface area contributed by atoms with Crippen LogP contribution in [0.25, 0.3) is 0 Å². The van der Waals surface area contributed by atoms with E-state index in [0.717, 1.165) is 68.7 Å². The van der Waals surface area contributed by atoms with E-state index in [9.17, 15) is 24.1 Å². The number of unbranched alkanes of at least 4 members (excludes halogenated alkanes) is 1. The molecule has 3 rings (SSSR count). The lowest BCUT2D eigenvalue weighted by atomic mass is 9.98. The number of aromatic amines is 1. The van der Waals surface area contributed by atoms with Crippen LogP contribution in [0.1, 0.15) is 84.3 Å². The first kappa shape index (κ1) is 43.8. The van der Waals surface area contributed by atoms with Crippen molar-refractivity contribution in [1.29, 1.82) is 0 Å². The molecule has 2 aromatic rings. The molecule has 1 fully saturated rings. The number of alkyl halides is 1. The lowest BCUT2D eigenvalue weighted by Crippen LogP contribution is -2.43. The molecule has 0 amide bonds. The third-order valence-electron chi connectivity index (χ3n) is 8.19. The van der Waals surface area contributed by atoms with Crippen molar-refractivity contribution in [1.82, 2.24) is 14.6 Å². The van der Waals surface area contributed by atoms with Gasteiger partial charge in [-0.05, 0) is 82.6 Å². The normalized spacial score (nSPS) is 21.9. The highest BCUT2D eigenvalue weighted by molar-refractivity contribution is 7.52. The molecule has 2 heterocycles. The van der Waals surface area contributed by atoms with Gasteiger partial charge >= 0.3 is 13.4 Å². The fourth-order valence-corrected chi connectivity index (χ4v) is 6.79. The quantitative estimate of drug-likeness (QED) is 0.0545. The Morgan fingerprint density at radius 1 is 0.981 bits per heavy atom. The zero-order chi connectivity index (χ0) is 38.5. The summed E-state index contributed by atoms with van der Waals surface area (Å²) < 4.78 is 47.2. The van der Waals surface area contributed by atoms with Gasteiger partial charge < -0.3 is 14.4 Å². The Hall–Kier alpha value is -3.64. The van der Waals surface area contributed by atoms with Crippen molar-refractivity contribution >= 4 is 25.1 Å². The smallest absolute Gasteiger partial charge is 0.413 e. The minimum absolute atomic E-state index is 0.0711. The Labute approximate surface area is 315 Å². The number of allylic oxidation sites excluding steroid dienone is 10. The molecule has 3 N–H and O–H groups in total. The summed E-state index contributed by atoms with van der Waals surface area (Å²) in [4.78, 5) is 38.3. The number of carbonyl (C=O) groups is 1. The molecule has 1 aliphatic heterocycles. The standard InChI is InChI=1S/C39H52ClFN3O8P/c1-3-4-5-6-7-8-9-10-11-12-13-14-15-16-17-18-19-21-32(45)22-20-28-42-53(49,52-33-25-23-31(40)24-26-33)50-30-34-36(47)39(2,41)37(51-34)44-29-27-35(46)43-38(44)48/h4-5,7-8,10-11,13-14,16-17,23-27,29,34,36-37,47H,3,6,9,12,15,18-22,28,30H2,1-2H3,(H,42,49)(H,43,46,48)/b5-4-,8-7-,11-10-,14-13-,17-16-/t34-,36-,37-,39-,53?/m1/s1. The van der Waals surface area contributed by atoms with E-state index in [0.29, 0.717) is 17.9 Å². The summed E-state index contributed by atoms with van der Waals surface area (Å²) >= 11 is 5.96. The Kier molecular flexibility index (Phi) is 19.2. The minimum atomic E-state index is -4.16. The Morgan fingerprint density at radius 2 is 1.57 bits per heavy atom. The number of halogens is 2. The van der Waals surface area contributed by atoms with E-state index >= 15 is 4.39 Å². The number of H-pyrrole nitrogens is 1. The van der Waals surface area contributed by atoms with Gasteiger partial charge in [-0.25, -0.2) is 18.8 Å². The molecule has 0 aliphatic carbocycles. The summed E-state index contributed by atoms with van der Waals surface area (Å²) in [7, 11) is -4.16.